The molecule has 19 heavy (non-hydrogen) atoms. The van der Waals surface area contributed by atoms with Crippen LogP contribution in [0.15, 0.2) is 36.6 Å². The summed E-state index contributed by atoms with van der Waals surface area (Å²) >= 11 is 0. The van der Waals surface area contributed by atoms with Crippen LogP contribution in [-0.4, -0.2) is 26.0 Å². The summed E-state index contributed by atoms with van der Waals surface area (Å²) in [5.41, 5.74) is 0. The molecule has 4 nitrogen and oxygen atoms in total. The van der Waals surface area contributed by atoms with Crippen molar-refractivity contribution < 1.29 is 9.53 Å². The first-order chi connectivity index (χ1) is 9.35. The Balaban J connectivity index is 3.65. The molecule has 0 radical (unpaired) electrons. The van der Waals surface area contributed by atoms with Crippen molar-refractivity contribution in [3.05, 3.63) is 36.6 Å². The number of hydrogen-bond donors (Lipinski definition) is 1. The zero-order valence-corrected chi connectivity index (χ0v) is 11.3. The maximum atomic E-state index is 10.1. The van der Waals surface area contributed by atoms with Crippen molar-refractivity contribution in [2.75, 3.05) is 19.7 Å². The normalized spacial score (nSPS) is 11.2. The van der Waals surface area contributed by atoms with Gasteiger partial charge in [0.2, 0.25) is 0 Å². The average molecular weight is 262 g/mol. The van der Waals surface area contributed by atoms with E-state index in [0.717, 1.165) is 32.2 Å². The SMILES string of the molecule is C=C/C=C(\C=C/CC#N)OCCCNCCCC=O. The highest BCUT2D eigenvalue weighted by atomic mass is 16.5. The summed E-state index contributed by atoms with van der Waals surface area (Å²) in [6.45, 7) is 5.95. The summed E-state index contributed by atoms with van der Waals surface area (Å²) in [6, 6.07) is 2.04. The van der Waals surface area contributed by atoms with Crippen LogP contribution in [-0.2, 0) is 9.53 Å². The number of aldehydes is 1. The molecule has 0 aliphatic heterocycles. The lowest BCUT2D eigenvalue weighted by atomic mass is 10.3. The van der Waals surface area contributed by atoms with E-state index in [-0.39, 0.29) is 0 Å². The van der Waals surface area contributed by atoms with Crippen molar-refractivity contribution in [3.8, 4) is 6.07 Å². The van der Waals surface area contributed by atoms with Gasteiger partial charge in [0.05, 0.1) is 19.1 Å². The van der Waals surface area contributed by atoms with Crippen LogP contribution in [0.5, 0.6) is 0 Å². The number of rotatable bonds is 12. The molecule has 0 saturated carbocycles. The second-order valence-corrected chi connectivity index (χ2v) is 3.83. The number of nitrogens with zero attached hydrogens (tertiary/aromatic N) is 1. The zero-order valence-electron chi connectivity index (χ0n) is 11.3. The standard InChI is InChI=1S/C15H22N2O2/c1-2-8-15(9-3-4-10-16)19-14-7-12-17-11-5-6-13-18/h2-3,8-9,13,17H,1,4-7,11-12,14H2/b9-3-,15-8+. The minimum atomic E-state index is 0.371. The monoisotopic (exact) mass is 262 g/mol. The molecule has 0 unspecified atom stereocenters. The third-order valence-corrected chi connectivity index (χ3v) is 2.22. The second kappa shape index (κ2) is 14.2. The number of ether oxygens (including phenoxy) is 1. The Morgan fingerprint density at radius 3 is 2.84 bits per heavy atom. The van der Waals surface area contributed by atoms with Gasteiger partial charge in [0.25, 0.3) is 0 Å². The molecule has 4 heteroatoms. The predicted octanol–water partition coefficient (Wildman–Crippen LogP) is 2.50. The summed E-state index contributed by atoms with van der Waals surface area (Å²) in [5, 5.41) is 11.7. The number of nitriles is 1. The van der Waals surface area contributed by atoms with Crippen molar-refractivity contribution in [1.29, 1.82) is 5.26 Å². The van der Waals surface area contributed by atoms with Crippen LogP contribution in [0.1, 0.15) is 25.7 Å². The van der Waals surface area contributed by atoms with E-state index >= 15 is 0 Å². The zero-order chi connectivity index (χ0) is 14.2. The van der Waals surface area contributed by atoms with Crippen LogP contribution in [0.3, 0.4) is 0 Å². The molecule has 0 aromatic rings. The first kappa shape index (κ1) is 17.1. The predicted molar refractivity (Wildman–Crippen MR) is 76.4 cm³/mol. The molecule has 0 amide bonds. The molecule has 0 aromatic carbocycles. The molecule has 0 bridgehead atoms. The molecule has 104 valence electrons. The van der Waals surface area contributed by atoms with Gasteiger partial charge in [0.15, 0.2) is 0 Å². The molecule has 0 saturated heterocycles. The topological polar surface area (TPSA) is 62.1 Å². The van der Waals surface area contributed by atoms with E-state index in [1.807, 2.05) is 6.07 Å². The number of nitrogens with one attached hydrogen (secondary N) is 1. The lowest BCUT2D eigenvalue weighted by Gasteiger charge is -2.07. The summed E-state index contributed by atoms with van der Waals surface area (Å²) in [6.07, 6.45) is 10.6. The van der Waals surface area contributed by atoms with Gasteiger partial charge in [-0.05, 0) is 38.1 Å². The molecule has 0 spiro atoms. The van der Waals surface area contributed by atoms with E-state index in [2.05, 4.69) is 11.9 Å². The van der Waals surface area contributed by atoms with Crippen LogP contribution in [0.2, 0.25) is 0 Å². The van der Waals surface area contributed by atoms with Gasteiger partial charge in [-0.3, -0.25) is 0 Å². The smallest absolute Gasteiger partial charge is 0.120 e. The largest absolute Gasteiger partial charge is 0.494 e. The Morgan fingerprint density at radius 1 is 1.37 bits per heavy atom. The van der Waals surface area contributed by atoms with Gasteiger partial charge in [0.1, 0.15) is 12.0 Å². The van der Waals surface area contributed by atoms with Crippen molar-refractivity contribution >= 4 is 6.29 Å². The van der Waals surface area contributed by atoms with E-state index in [1.54, 1.807) is 24.3 Å². The summed E-state index contributed by atoms with van der Waals surface area (Å²) in [5.74, 6) is 0.714. The number of hydrogen-bond acceptors (Lipinski definition) is 4. The molecule has 1 N–H and O–H groups in total. The number of carbonyl (C=O) groups is 1. The number of allylic oxidation sites excluding steroid dienone is 4. The van der Waals surface area contributed by atoms with Crippen molar-refractivity contribution in [3.63, 3.8) is 0 Å². The Kier molecular flexibility index (Phi) is 12.8. The molecular formula is C15H22N2O2. The molecular weight excluding hydrogens is 240 g/mol. The number of carbonyl (C=O) groups excluding carboxylic acids is 1. The minimum absolute atomic E-state index is 0.371. The highest BCUT2D eigenvalue weighted by Gasteiger charge is 1.93. The summed E-state index contributed by atoms with van der Waals surface area (Å²) < 4.78 is 5.55. The van der Waals surface area contributed by atoms with Gasteiger partial charge >= 0.3 is 0 Å². The Labute approximate surface area is 115 Å². The third kappa shape index (κ3) is 12.4. The Morgan fingerprint density at radius 2 is 2.16 bits per heavy atom. The average Bonchev–Trinajstić information content (AvgIpc) is 2.42. The minimum Gasteiger partial charge on any atom is -0.494 e. The Bertz CT molecular complexity index is 341. The van der Waals surface area contributed by atoms with Crippen LogP contribution < -0.4 is 5.32 Å². The highest BCUT2D eigenvalue weighted by molar-refractivity contribution is 5.48. The van der Waals surface area contributed by atoms with Gasteiger partial charge < -0.3 is 14.8 Å². The van der Waals surface area contributed by atoms with Gasteiger partial charge in [-0.15, -0.1) is 0 Å². The Hall–Kier alpha value is -1.86. The van der Waals surface area contributed by atoms with Crippen LogP contribution in [0.4, 0.5) is 0 Å². The molecule has 0 aliphatic carbocycles. The van der Waals surface area contributed by atoms with E-state index in [9.17, 15) is 4.79 Å². The first-order valence-corrected chi connectivity index (χ1v) is 6.48. The maximum absolute atomic E-state index is 10.1. The van der Waals surface area contributed by atoms with E-state index in [4.69, 9.17) is 10.00 Å². The quantitative estimate of drug-likeness (QED) is 0.254. The van der Waals surface area contributed by atoms with Crippen LogP contribution in [0, 0.1) is 11.3 Å². The third-order valence-electron chi connectivity index (χ3n) is 2.22. The summed E-state index contributed by atoms with van der Waals surface area (Å²) in [7, 11) is 0. The van der Waals surface area contributed by atoms with Crippen molar-refractivity contribution in [2.24, 2.45) is 0 Å². The lowest BCUT2D eigenvalue weighted by molar-refractivity contribution is -0.107. The molecule has 0 aromatic heterocycles. The highest BCUT2D eigenvalue weighted by Crippen LogP contribution is 2.02. The molecule has 0 heterocycles. The van der Waals surface area contributed by atoms with Gasteiger partial charge in [-0.25, -0.2) is 0 Å². The lowest BCUT2D eigenvalue weighted by Crippen LogP contribution is -2.18. The van der Waals surface area contributed by atoms with Crippen molar-refractivity contribution in [2.45, 2.75) is 25.7 Å². The first-order valence-electron chi connectivity index (χ1n) is 6.48. The van der Waals surface area contributed by atoms with Crippen molar-refractivity contribution in [1.82, 2.24) is 5.32 Å². The van der Waals surface area contributed by atoms with E-state index in [0.29, 0.717) is 25.2 Å². The fourth-order valence-corrected chi connectivity index (χ4v) is 1.32. The summed E-state index contributed by atoms with van der Waals surface area (Å²) in [4.78, 5) is 10.1. The number of unbranched alkanes of at least 4 members (excludes halogenated alkanes) is 1. The van der Waals surface area contributed by atoms with Gasteiger partial charge in [-0.2, -0.15) is 5.26 Å². The fourth-order valence-electron chi connectivity index (χ4n) is 1.32. The molecule has 0 rings (SSSR count). The van der Waals surface area contributed by atoms with E-state index in [1.165, 1.54) is 0 Å². The second-order valence-electron chi connectivity index (χ2n) is 3.83. The van der Waals surface area contributed by atoms with Gasteiger partial charge in [-0.1, -0.05) is 18.7 Å². The van der Waals surface area contributed by atoms with Crippen LogP contribution in [0.25, 0.3) is 0 Å². The fraction of sp³-hybridized carbons (Fsp3) is 0.467. The maximum Gasteiger partial charge on any atom is 0.120 e. The van der Waals surface area contributed by atoms with Crippen LogP contribution >= 0.6 is 0 Å². The van der Waals surface area contributed by atoms with Gasteiger partial charge in [0, 0.05) is 6.42 Å². The molecule has 0 aliphatic rings. The van der Waals surface area contributed by atoms with E-state index < -0.39 is 0 Å². The molecule has 0 atom stereocenters. The molecule has 0 fully saturated rings.